The van der Waals surface area contributed by atoms with Gasteiger partial charge in [-0.3, -0.25) is 0 Å². The van der Waals surface area contributed by atoms with Gasteiger partial charge in [-0.25, -0.2) is 0 Å². The highest BCUT2D eigenvalue weighted by Crippen LogP contribution is 2.49. The number of ether oxygens (including phenoxy) is 2. The second-order valence-electron chi connectivity index (χ2n) is 3.91. The minimum atomic E-state index is 0.331. The summed E-state index contributed by atoms with van der Waals surface area (Å²) in [6, 6.07) is 8.24. The van der Waals surface area contributed by atoms with Gasteiger partial charge in [0.1, 0.15) is 5.75 Å². The zero-order chi connectivity index (χ0) is 9.97. The summed E-state index contributed by atoms with van der Waals surface area (Å²) < 4.78 is 10.4. The number of rotatable bonds is 4. The molecule has 2 atom stereocenters. The molecular formula is C12H16O2. The van der Waals surface area contributed by atoms with E-state index in [1.165, 1.54) is 12.0 Å². The molecule has 0 amide bonds. The van der Waals surface area contributed by atoms with Crippen LogP contribution in [0.3, 0.4) is 0 Å². The van der Waals surface area contributed by atoms with Crippen molar-refractivity contribution in [1.82, 2.24) is 0 Å². The highest BCUT2D eigenvalue weighted by molar-refractivity contribution is 5.39. The van der Waals surface area contributed by atoms with Crippen LogP contribution in [-0.2, 0) is 4.74 Å². The number of para-hydroxylation sites is 1. The first kappa shape index (κ1) is 9.53. The normalized spacial score (nSPS) is 24.7. The first-order chi connectivity index (χ1) is 6.83. The van der Waals surface area contributed by atoms with Crippen molar-refractivity contribution in [3.05, 3.63) is 29.8 Å². The van der Waals surface area contributed by atoms with Crippen LogP contribution in [0.25, 0.3) is 0 Å². The van der Waals surface area contributed by atoms with Crippen LogP contribution in [0.4, 0.5) is 0 Å². The predicted molar refractivity (Wildman–Crippen MR) is 55.5 cm³/mol. The van der Waals surface area contributed by atoms with Gasteiger partial charge >= 0.3 is 0 Å². The van der Waals surface area contributed by atoms with Crippen LogP contribution >= 0.6 is 0 Å². The summed E-state index contributed by atoms with van der Waals surface area (Å²) >= 11 is 0. The maximum absolute atomic E-state index is 5.51. The Kier molecular flexibility index (Phi) is 2.73. The lowest BCUT2D eigenvalue weighted by Crippen LogP contribution is -2.01. The first-order valence-electron chi connectivity index (χ1n) is 5.03. The molecular weight excluding hydrogens is 176 g/mol. The van der Waals surface area contributed by atoms with E-state index < -0.39 is 0 Å². The molecule has 0 spiro atoms. The van der Waals surface area contributed by atoms with Gasteiger partial charge in [-0.05, 0) is 29.9 Å². The fourth-order valence-electron chi connectivity index (χ4n) is 1.80. The largest absolute Gasteiger partial charge is 0.467 e. The standard InChI is InChI=1S/C12H16O2/c1-9-7-11(9)10-5-3-4-6-12(10)14-8-13-2/h3-6,9,11H,7-8H2,1-2H3. The smallest absolute Gasteiger partial charge is 0.188 e. The molecule has 76 valence electrons. The van der Waals surface area contributed by atoms with Crippen molar-refractivity contribution >= 4 is 0 Å². The molecule has 1 aromatic rings. The Labute approximate surface area is 84.8 Å². The average molecular weight is 192 g/mol. The Bertz CT molecular complexity index is 309. The van der Waals surface area contributed by atoms with E-state index in [9.17, 15) is 0 Å². The molecule has 2 unspecified atom stereocenters. The Morgan fingerprint density at radius 2 is 2.07 bits per heavy atom. The molecule has 0 aromatic heterocycles. The Hall–Kier alpha value is -1.02. The monoisotopic (exact) mass is 192 g/mol. The summed E-state index contributed by atoms with van der Waals surface area (Å²) in [7, 11) is 1.64. The van der Waals surface area contributed by atoms with E-state index in [1.807, 2.05) is 12.1 Å². The molecule has 1 saturated carbocycles. The summed E-state index contributed by atoms with van der Waals surface area (Å²) in [5.74, 6) is 2.48. The van der Waals surface area contributed by atoms with E-state index in [4.69, 9.17) is 9.47 Å². The van der Waals surface area contributed by atoms with Crippen LogP contribution in [-0.4, -0.2) is 13.9 Å². The molecule has 1 aliphatic rings. The molecule has 2 nitrogen and oxygen atoms in total. The second kappa shape index (κ2) is 4.01. The van der Waals surface area contributed by atoms with Crippen molar-refractivity contribution in [1.29, 1.82) is 0 Å². The summed E-state index contributed by atoms with van der Waals surface area (Å²) in [5.41, 5.74) is 1.33. The zero-order valence-corrected chi connectivity index (χ0v) is 8.69. The Morgan fingerprint density at radius 3 is 2.71 bits per heavy atom. The van der Waals surface area contributed by atoms with Gasteiger partial charge in [-0.2, -0.15) is 0 Å². The lowest BCUT2D eigenvalue weighted by atomic mass is 10.1. The molecule has 2 heteroatoms. The first-order valence-corrected chi connectivity index (χ1v) is 5.03. The number of methoxy groups -OCH3 is 1. The summed E-state index contributed by atoms with van der Waals surface area (Å²) in [6.07, 6.45) is 1.29. The number of hydrogen-bond donors (Lipinski definition) is 0. The lowest BCUT2D eigenvalue weighted by molar-refractivity contribution is 0.0504. The van der Waals surface area contributed by atoms with E-state index >= 15 is 0 Å². The lowest BCUT2D eigenvalue weighted by Gasteiger charge is -2.09. The minimum Gasteiger partial charge on any atom is -0.467 e. The average Bonchev–Trinajstić information content (AvgIpc) is 2.93. The second-order valence-corrected chi connectivity index (χ2v) is 3.91. The molecule has 0 aliphatic heterocycles. The van der Waals surface area contributed by atoms with Crippen LogP contribution in [0.15, 0.2) is 24.3 Å². The molecule has 0 N–H and O–H groups in total. The zero-order valence-electron chi connectivity index (χ0n) is 8.69. The molecule has 1 fully saturated rings. The Balaban J connectivity index is 2.12. The van der Waals surface area contributed by atoms with E-state index in [-0.39, 0.29) is 0 Å². The molecule has 0 radical (unpaired) electrons. The van der Waals surface area contributed by atoms with Gasteiger partial charge in [0.05, 0.1) is 0 Å². The van der Waals surface area contributed by atoms with Gasteiger partial charge < -0.3 is 9.47 Å². The third-order valence-electron chi connectivity index (χ3n) is 2.76. The number of benzene rings is 1. The van der Waals surface area contributed by atoms with Crippen molar-refractivity contribution in [2.75, 3.05) is 13.9 Å². The van der Waals surface area contributed by atoms with Crippen LogP contribution in [0, 0.1) is 5.92 Å². The van der Waals surface area contributed by atoms with E-state index in [0.717, 1.165) is 11.7 Å². The minimum absolute atomic E-state index is 0.331. The SMILES string of the molecule is COCOc1ccccc1C1CC1C. The van der Waals surface area contributed by atoms with Crippen molar-refractivity contribution in [3.8, 4) is 5.75 Å². The van der Waals surface area contributed by atoms with E-state index in [0.29, 0.717) is 12.7 Å². The maximum Gasteiger partial charge on any atom is 0.188 e. The Morgan fingerprint density at radius 1 is 1.36 bits per heavy atom. The summed E-state index contributed by atoms with van der Waals surface area (Å²) in [5, 5.41) is 0. The third-order valence-corrected chi connectivity index (χ3v) is 2.76. The van der Waals surface area contributed by atoms with Crippen LogP contribution < -0.4 is 4.74 Å². The van der Waals surface area contributed by atoms with Gasteiger partial charge in [0, 0.05) is 7.11 Å². The van der Waals surface area contributed by atoms with Crippen molar-refractivity contribution in [3.63, 3.8) is 0 Å². The van der Waals surface area contributed by atoms with Crippen LogP contribution in [0.1, 0.15) is 24.8 Å². The molecule has 0 saturated heterocycles. The van der Waals surface area contributed by atoms with E-state index in [1.54, 1.807) is 7.11 Å². The quantitative estimate of drug-likeness (QED) is 0.683. The topological polar surface area (TPSA) is 18.5 Å². The molecule has 0 bridgehead atoms. The fourth-order valence-corrected chi connectivity index (χ4v) is 1.80. The third kappa shape index (κ3) is 1.90. The van der Waals surface area contributed by atoms with Crippen molar-refractivity contribution < 1.29 is 9.47 Å². The van der Waals surface area contributed by atoms with Crippen molar-refractivity contribution in [2.45, 2.75) is 19.3 Å². The molecule has 14 heavy (non-hydrogen) atoms. The molecule has 2 rings (SSSR count). The van der Waals surface area contributed by atoms with Gasteiger partial charge in [0.25, 0.3) is 0 Å². The molecule has 0 heterocycles. The predicted octanol–water partition coefficient (Wildman–Crippen LogP) is 2.79. The fraction of sp³-hybridized carbons (Fsp3) is 0.500. The van der Waals surface area contributed by atoms with Crippen LogP contribution in [0.5, 0.6) is 5.75 Å². The van der Waals surface area contributed by atoms with Gasteiger partial charge in [0.15, 0.2) is 6.79 Å². The molecule has 1 aromatic carbocycles. The van der Waals surface area contributed by atoms with Crippen molar-refractivity contribution in [2.24, 2.45) is 5.92 Å². The van der Waals surface area contributed by atoms with Gasteiger partial charge in [0.2, 0.25) is 0 Å². The summed E-state index contributed by atoms with van der Waals surface area (Å²) in [4.78, 5) is 0. The van der Waals surface area contributed by atoms with Gasteiger partial charge in [-0.15, -0.1) is 0 Å². The van der Waals surface area contributed by atoms with E-state index in [2.05, 4.69) is 19.1 Å². The number of hydrogen-bond acceptors (Lipinski definition) is 2. The van der Waals surface area contributed by atoms with Crippen LogP contribution in [0.2, 0.25) is 0 Å². The molecule has 1 aliphatic carbocycles. The highest BCUT2D eigenvalue weighted by Gasteiger charge is 2.35. The maximum atomic E-state index is 5.51. The highest BCUT2D eigenvalue weighted by atomic mass is 16.7. The summed E-state index contributed by atoms with van der Waals surface area (Å²) in [6.45, 7) is 2.61. The van der Waals surface area contributed by atoms with Gasteiger partial charge in [-0.1, -0.05) is 25.1 Å².